The fourth-order valence-corrected chi connectivity index (χ4v) is 3.42. The van der Waals surface area contributed by atoms with Gasteiger partial charge in [0.25, 0.3) is 0 Å². The first-order chi connectivity index (χ1) is 11.3. The van der Waals surface area contributed by atoms with Crippen LogP contribution in [0.2, 0.25) is 0 Å². The van der Waals surface area contributed by atoms with Crippen LogP contribution in [0, 0.1) is 0 Å². The van der Waals surface area contributed by atoms with Crippen molar-refractivity contribution in [3.05, 3.63) is 46.2 Å². The van der Waals surface area contributed by atoms with Crippen LogP contribution in [0.15, 0.2) is 40.7 Å². The minimum atomic E-state index is 0. The Morgan fingerprint density at radius 1 is 1.28 bits per heavy atom. The summed E-state index contributed by atoms with van der Waals surface area (Å²) in [7, 11) is 0. The molecule has 1 aromatic carbocycles. The van der Waals surface area contributed by atoms with Crippen LogP contribution in [0.4, 0.5) is 11.4 Å². The lowest BCUT2D eigenvalue weighted by molar-refractivity contribution is 0.293. The van der Waals surface area contributed by atoms with E-state index in [4.69, 9.17) is 10.8 Å². The van der Waals surface area contributed by atoms with Gasteiger partial charge in [-0.25, -0.2) is 4.99 Å². The van der Waals surface area contributed by atoms with Gasteiger partial charge in [-0.15, -0.1) is 36.2 Å². The molecule has 0 atom stereocenters. The summed E-state index contributed by atoms with van der Waals surface area (Å²) in [4.78, 5) is 7.91. The fraction of sp³-hybridized carbons (Fsp3) is 0.353. The van der Waals surface area contributed by atoms with Crippen LogP contribution in [-0.4, -0.2) is 43.7 Å². The standard InChI is InChI=1S/C17H22N4OS.2ClH/c18-17(16-2-1-11-23-16)20-14-3-4-15-13(12-14)5-8-21(15)9-6-19-7-10-22;;/h1-4,11-12,19,22H,5-10H2,(H2,18,20);2*1H. The summed E-state index contributed by atoms with van der Waals surface area (Å²) in [5.41, 5.74) is 9.58. The molecule has 138 valence electrons. The third-order valence-electron chi connectivity index (χ3n) is 3.93. The summed E-state index contributed by atoms with van der Waals surface area (Å²) in [5.74, 6) is 0.572. The molecule has 2 heterocycles. The van der Waals surface area contributed by atoms with Gasteiger partial charge in [0.1, 0.15) is 5.84 Å². The summed E-state index contributed by atoms with van der Waals surface area (Å²) >= 11 is 1.60. The first-order valence-corrected chi connectivity index (χ1v) is 8.73. The van der Waals surface area contributed by atoms with Gasteiger partial charge in [-0.05, 0) is 41.6 Å². The topological polar surface area (TPSA) is 73.9 Å². The van der Waals surface area contributed by atoms with Crippen LogP contribution in [0.5, 0.6) is 0 Å². The van der Waals surface area contributed by atoms with E-state index < -0.39 is 0 Å². The third-order valence-corrected chi connectivity index (χ3v) is 4.82. The molecule has 3 rings (SSSR count). The van der Waals surface area contributed by atoms with Crippen LogP contribution < -0.4 is 16.0 Å². The van der Waals surface area contributed by atoms with Crippen molar-refractivity contribution >= 4 is 53.4 Å². The van der Waals surface area contributed by atoms with Gasteiger partial charge in [-0.2, -0.15) is 0 Å². The smallest absolute Gasteiger partial charge is 0.141 e. The third kappa shape index (κ3) is 5.59. The monoisotopic (exact) mass is 402 g/mol. The number of nitrogens with one attached hydrogen (secondary N) is 1. The second-order valence-corrected chi connectivity index (χ2v) is 6.45. The molecule has 25 heavy (non-hydrogen) atoms. The predicted molar refractivity (Wildman–Crippen MR) is 112 cm³/mol. The number of nitrogens with two attached hydrogens (primary N) is 1. The number of aliphatic hydroxyl groups is 1. The van der Waals surface area contributed by atoms with Gasteiger partial charge in [-0.3, -0.25) is 0 Å². The lowest BCUT2D eigenvalue weighted by atomic mass is 10.1. The maximum atomic E-state index is 8.79. The van der Waals surface area contributed by atoms with Crippen molar-refractivity contribution < 1.29 is 5.11 Å². The van der Waals surface area contributed by atoms with E-state index in [1.165, 1.54) is 11.3 Å². The Hall–Kier alpha value is -1.31. The van der Waals surface area contributed by atoms with E-state index in [1.54, 1.807) is 11.3 Å². The molecule has 4 N–H and O–H groups in total. The molecule has 8 heteroatoms. The number of hydrogen-bond donors (Lipinski definition) is 3. The van der Waals surface area contributed by atoms with Gasteiger partial charge in [0.2, 0.25) is 0 Å². The molecular weight excluding hydrogens is 379 g/mol. The van der Waals surface area contributed by atoms with Gasteiger partial charge in [-0.1, -0.05) is 6.07 Å². The SMILES string of the molecule is Cl.Cl.NC(=Nc1ccc2c(c1)CCN2CCNCCO)c1cccs1. The summed E-state index contributed by atoms with van der Waals surface area (Å²) in [6, 6.07) is 10.3. The number of thiophene rings is 1. The molecule has 0 saturated heterocycles. The Labute approximate surface area is 164 Å². The molecular formula is C17H24Cl2N4OS. The Bertz CT molecular complexity index is 679. The van der Waals surface area contributed by atoms with Crippen molar-refractivity contribution in [1.82, 2.24) is 5.32 Å². The van der Waals surface area contributed by atoms with Gasteiger partial charge in [0.05, 0.1) is 17.2 Å². The largest absolute Gasteiger partial charge is 0.395 e. The molecule has 0 aliphatic carbocycles. The number of hydrogen-bond acceptors (Lipinski definition) is 5. The summed E-state index contributed by atoms with van der Waals surface area (Å²) in [6.07, 6.45) is 1.04. The Kier molecular flexibility index (Phi) is 9.24. The van der Waals surface area contributed by atoms with Gasteiger partial charge < -0.3 is 21.1 Å². The highest BCUT2D eigenvalue weighted by atomic mass is 35.5. The number of aliphatic imine (C=N–C) groups is 1. The van der Waals surface area contributed by atoms with Crippen molar-refractivity contribution in [3.8, 4) is 0 Å². The number of anilines is 1. The molecule has 0 unspecified atom stereocenters. The number of halogens is 2. The van der Waals surface area contributed by atoms with Crippen LogP contribution in [0.25, 0.3) is 0 Å². The molecule has 0 radical (unpaired) electrons. The van der Waals surface area contributed by atoms with Crippen molar-refractivity contribution in [3.63, 3.8) is 0 Å². The predicted octanol–water partition coefficient (Wildman–Crippen LogP) is 2.57. The van der Waals surface area contributed by atoms with E-state index in [0.29, 0.717) is 12.4 Å². The van der Waals surface area contributed by atoms with Gasteiger partial charge >= 0.3 is 0 Å². The molecule has 1 aliphatic rings. The van der Waals surface area contributed by atoms with Crippen molar-refractivity contribution in [2.24, 2.45) is 10.7 Å². The van der Waals surface area contributed by atoms with Crippen molar-refractivity contribution in [2.45, 2.75) is 6.42 Å². The minimum Gasteiger partial charge on any atom is -0.395 e. The number of nitrogens with zero attached hydrogens (tertiary/aromatic N) is 2. The van der Waals surface area contributed by atoms with Crippen LogP contribution >= 0.6 is 36.2 Å². The number of rotatable bonds is 7. The van der Waals surface area contributed by atoms with E-state index in [1.807, 2.05) is 23.6 Å². The van der Waals surface area contributed by atoms with Gasteiger partial charge in [0, 0.05) is 31.9 Å². The molecule has 1 aliphatic heterocycles. The molecule has 0 saturated carbocycles. The molecule has 2 aromatic rings. The molecule has 0 spiro atoms. The number of amidine groups is 1. The van der Waals surface area contributed by atoms with E-state index >= 15 is 0 Å². The summed E-state index contributed by atoms with van der Waals surface area (Å²) in [5, 5.41) is 14.0. The highest BCUT2D eigenvalue weighted by Crippen LogP contribution is 2.31. The average Bonchev–Trinajstić information content (AvgIpc) is 3.21. The zero-order valence-corrected chi connectivity index (χ0v) is 16.3. The number of benzene rings is 1. The van der Waals surface area contributed by atoms with Crippen molar-refractivity contribution in [2.75, 3.05) is 37.7 Å². The number of aliphatic hydroxyl groups excluding tert-OH is 1. The molecule has 0 amide bonds. The maximum Gasteiger partial charge on any atom is 0.141 e. The summed E-state index contributed by atoms with van der Waals surface area (Å²) in [6.45, 7) is 3.70. The van der Waals surface area contributed by atoms with Crippen LogP contribution in [-0.2, 0) is 6.42 Å². The van der Waals surface area contributed by atoms with Crippen molar-refractivity contribution in [1.29, 1.82) is 0 Å². The van der Waals surface area contributed by atoms with Gasteiger partial charge in [0.15, 0.2) is 0 Å². The maximum absolute atomic E-state index is 8.79. The van der Waals surface area contributed by atoms with Crippen LogP contribution in [0.1, 0.15) is 10.4 Å². The second-order valence-electron chi connectivity index (χ2n) is 5.50. The highest BCUT2D eigenvalue weighted by molar-refractivity contribution is 7.12. The quantitative estimate of drug-likeness (QED) is 0.378. The zero-order chi connectivity index (χ0) is 16.1. The fourth-order valence-electron chi connectivity index (χ4n) is 2.79. The highest BCUT2D eigenvalue weighted by Gasteiger charge is 2.18. The first kappa shape index (κ1) is 21.7. The lowest BCUT2D eigenvalue weighted by Crippen LogP contribution is -2.32. The summed E-state index contributed by atoms with van der Waals surface area (Å²) < 4.78 is 0. The molecule has 1 aromatic heterocycles. The molecule has 0 bridgehead atoms. The minimum absolute atomic E-state index is 0. The normalized spacial score (nSPS) is 13.2. The Balaban J connectivity index is 0.00000156. The Morgan fingerprint density at radius 2 is 2.12 bits per heavy atom. The van der Waals surface area contributed by atoms with E-state index in [0.717, 1.165) is 36.6 Å². The van der Waals surface area contributed by atoms with E-state index in [-0.39, 0.29) is 31.4 Å². The average molecular weight is 403 g/mol. The lowest BCUT2D eigenvalue weighted by Gasteiger charge is -2.19. The first-order valence-electron chi connectivity index (χ1n) is 7.85. The van der Waals surface area contributed by atoms with E-state index in [9.17, 15) is 0 Å². The molecule has 0 fully saturated rings. The zero-order valence-electron chi connectivity index (χ0n) is 13.9. The Morgan fingerprint density at radius 3 is 2.84 bits per heavy atom. The molecule has 5 nitrogen and oxygen atoms in total. The second kappa shape index (κ2) is 10.6. The van der Waals surface area contributed by atoms with E-state index in [2.05, 4.69) is 27.3 Å². The number of fused-ring (bicyclic) bond motifs is 1. The van der Waals surface area contributed by atoms with Crippen LogP contribution in [0.3, 0.4) is 0 Å².